The van der Waals surface area contributed by atoms with Crippen LogP contribution >= 0.6 is 0 Å². The van der Waals surface area contributed by atoms with Gasteiger partial charge in [-0.2, -0.15) is 0 Å². The SMILES string of the molecule is O=C(C1CCCCC1)N(CCO)[C@@H]1CS(=O)(=O)C[C@H]1O. The minimum atomic E-state index is -3.30. The molecule has 1 aliphatic heterocycles. The number of carbonyl (C=O) groups excluding carboxylic acids is 1. The van der Waals surface area contributed by atoms with Crippen molar-refractivity contribution < 1.29 is 23.4 Å². The maximum absolute atomic E-state index is 12.5. The van der Waals surface area contributed by atoms with E-state index >= 15 is 0 Å². The summed E-state index contributed by atoms with van der Waals surface area (Å²) < 4.78 is 23.2. The Balaban J connectivity index is 2.11. The van der Waals surface area contributed by atoms with Crippen molar-refractivity contribution in [2.45, 2.75) is 44.2 Å². The molecule has 2 atom stereocenters. The minimum absolute atomic E-state index is 0.0899. The Morgan fingerprint density at radius 2 is 1.80 bits per heavy atom. The van der Waals surface area contributed by atoms with E-state index < -0.39 is 22.0 Å². The summed E-state index contributed by atoms with van der Waals surface area (Å²) in [6.07, 6.45) is 3.74. The Morgan fingerprint density at radius 1 is 1.15 bits per heavy atom. The predicted octanol–water partition coefficient (Wildman–Crippen LogP) is -0.454. The van der Waals surface area contributed by atoms with Gasteiger partial charge in [0, 0.05) is 12.5 Å². The Hall–Kier alpha value is -0.660. The van der Waals surface area contributed by atoms with Crippen LogP contribution in [0.15, 0.2) is 0 Å². The normalized spacial score (nSPS) is 30.3. The van der Waals surface area contributed by atoms with Gasteiger partial charge in [-0.1, -0.05) is 19.3 Å². The standard InChI is InChI=1S/C13H23NO5S/c15-7-6-14(11-8-20(18,19)9-12(11)16)13(17)10-4-2-1-3-5-10/h10-12,15-16H,1-9H2/t11-,12-/m1/s1. The van der Waals surface area contributed by atoms with E-state index in [4.69, 9.17) is 5.11 Å². The van der Waals surface area contributed by atoms with Crippen LogP contribution in [0.2, 0.25) is 0 Å². The van der Waals surface area contributed by atoms with Crippen LogP contribution in [0.3, 0.4) is 0 Å². The first kappa shape index (κ1) is 15.7. The summed E-state index contributed by atoms with van der Waals surface area (Å²) in [5.74, 6) is -0.699. The first-order valence-corrected chi connectivity index (χ1v) is 9.06. The first-order valence-electron chi connectivity index (χ1n) is 7.24. The lowest BCUT2D eigenvalue weighted by Crippen LogP contribution is -2.50. The molecule has 2 rings (SSSR count). The van der Waals surface area contributed by atoms with Gasteiger partial charge in [0.15, 0.2) is 9.84 Å². The monoisotopic (exact) mass is 305 g/mol. The summed E-state index contributed by atoms with van der Waals surface area (Å²) in [5, 5.41) is 19.0. The molecule has 6 nitrogen and oxygen atoms in total. The lowest BCUT2D eigenvalue weighted by atomic mass is 9.88. The molecule has 116 valence electrons. The second-order valence-electron chi connectivity index (χ2n) is 5.80. The lowest BCUT2D eigenvalue weighted by molar-refractivity contribution is -0.141. The van der Waals surface area contributed by atoms with Gasteiger partial charge in [0.05, 0.1) is 30.3 Å². The van der Waals surface area contributed by atoms with Gasteiger partial charge in [-0.15, -0.1) is 0 Å². The van der Waals surface area contributed by atoms with Crippen molar-refractivity contribution in [3.63, 3.8) is 0 Å². The summed E-state index contributed by atoms with van der Waals surface area (Å²) in [6.45, 7) is -0.131. The number of amides is 1. The third-order valence-corrected chi connectivity index (χ3v) is 5.97. The van der Waals surface area contributed by atoms with Crippen LogP contribution in [0.5, 0.6) is 0 Å². The van der Waals surface area contributed by atoms with E-state index in [1.54, 1.807) is 0 Å². The highest BCUT2D eigenvalue weighted by Gasteiger charge is 2.42. The lowest BCUT2D eigenvalue weighted by Gasteiger charge is -2.34. The van der Waals surface area contributed by atoms with Crippen molar-refractivity contribution in [2.24, 2.45) is 5.92 Å². The highest BCUT2D eigenvalue weighted by atomic mass is 32.2. The molecule has 2 aliphatic rings. The predicted molar refractivity (Wildman–Crippen MR) is 73.8 cm³/mol. The van der Waals surface area contributed by atoms with Crippen LogP contribution in [0.1, 0.15) is 32.1 Å². The van der Waals surface area contributed by atoms with Crippen molar-refractivity contribution in [1.82, 2.24) is 4.90 Å². The van der Waals surface area contributed by atoms with E-state index in [-0.39, 0.29) is 36.5 Å². The van der Waals surface area contributed by atoms with E-state index in [0.717, 1.165) is 32.1 Å². The number of aliphatic hydroxyl groups is 2. The van der Waals surface area contributed by atoms with Gasteiger partial charge in [0.25, 0.3) is 0 Å². The van der Waals surface area contributed by atoms with Gasteiger partial charge in [0.2, 0.25) is 5.91 Å². The summed E-state index contributed by atoms with van der Waals surface area (Å²) in [7, 11) is -3.30. The van der Waals surface area contributed by atoms with Crippen molar-refractivity contribution >= 4 is 15.7 Å². The molecule has 0 radical (unpaired) electrons. The number of hydrogen-bond donors (Lipinski definition) is 2. The molecule has 0 spiro atoms. The molecule has 0 aromatic heterocycles. The van der Waals surface area contributed by atoms with E-state index in [0.29, 0.717) is 0 Å². The molecule has 2 N–H and O–H groups in total. The fraction of sp³-hybridized carbons (Fsp3) is 0.923. The van der Waals surface area contributed by atoms with Gasteiger partial charge in [0.1, 0.15) is 0 Å². The summed E-state index contributed by atoms with van der Waals surface area (Å²) >= 11 is 0. The molecule has 1 saturated heterocycles. The van der Waals surface area contributed by atoms with Crippen LogP contribution in [0.25, 0.3) is 0 Å². The number of rotatable bonds is 4. The quantitative estimate of drug-likeness (QED) is 0.733. The highest BCUT2D eigenvalue weighted by Crippen LogP contribution is 2.28. The van der Waals surface area contributed by atoms with E-state index in [1.165, 1.54) is 4.90 Å². The van der Waals surface area contributed by atoms with Gasteiger partial charge in [-0.25, -0.2) is 8.42 Å². The summed E-state index contributed by atoms with van der Waals surface area (Å²) in [4.78, 5) is 13.9. The first-order chi connectivity index (χ1) is 9.44. The second-order valence-corrected chi connectivity index (χ2v) is 7.96. The van der Waals surface area contributed by atoms with Crippen molar-refractivity contribution in [3.8, 4) is 0 Å². The van der Waals surface area contributed by atoms with E-state index in [9.17, 15) is 18.3 Å². The number of carbonyl (C=O) groups is 1. The molecule has 1 saturated carbocycles. The molecular weight excluding hydrogens is 282 g/mol. The third-order valence-electron chi connectivity index (χ3n) is 4.27. The third kappa shape index (κ3) is 3.51. The molecule has 0 unspecified atom stereocenters. The summed E-state index contributed by atoms with van der Waals surface area (Å²) in [5.41, 5.74) is 0. The molecule has 1 heterocycles. The molecule has 0 bridgehead atoms. The molecule has 0 aromatic rings. The smallest absolute Gasteiger partial charge is 0.226 e. The van der Waals surface area contributed by atoms with E-state index in [2.05, 4.69) is 0 Å². The Bertz CT molecular complexity index is 444. The maximum Gasteiger partial charge on any atom is 0.226 e. The number of sulfone groups is 1. The molecule has 7 heteroatoms. The largest absolute Gasteiger partial charge is 0.395 e. The minimum Gasteiger partial charge on any atom is -0.395 e. The number of aliphatic hydroxyl groups excluding tert-OH is 2. The van der Waals surface area contributed by atoms with Crippen molar-refractivity contribution in [2.75, 3.05) is 24.7 Å². The van der Waals surface area contributed by atoms with Crippen LogP contribution < -0.4 is 0 Å². The molecular formula is C13H23NO5S. The van der Waals surface area contributed by atoms with Gasteiger partial charge in [-0.3, -0.25) is 4.79 Å². The van der Waals surface area contributed by atoms with Gasteiger partial charge < -0.3 is 15.1 Å². The zero-order valence-electron chi connectivity index (χ0n) is 11.6. The fourth-order valence-electron chi connectivity index (χ4n) is 3.24. The topological polar surface area (TPSA) is 94.9 Å². The van der Waals surface area contributed by atoms with Crippen molar-refractivity contribution in [1.29, 1.82) is 0 Å². The molecule has 1 aliphatic carbocycles. The summed E-state index contributed by atoms with van der Waals surface area (Å²) in [6, 6.07) is -0.707. The van der Waals surface area contributed by atoms with Crippen LogP contribution in [0, 0.1) is 5.92 Å². The number of nitrogens with zero attached hydrogens (tertiary/aromatic N) is 1. The Morgan fingerprint density at radius 3 is 2.30 bits per heavy atom. The average Bonchev–Trinajstić information content (AvgIpc) is 2.69. The highest BCUT2D eigenvalue weighted by molar-refractivity contribution is 7.91. The zero-order chi connectivity index (χ0) is 14.8. The Kier molecular flexibility index (Phi) is 5.04. The molecule has 0 aromatic carbocycles. The molecule has 20 heavy (non-hydrogen) atoms. The molecule has 1 amide bonds. The van der Waals surface area contributed by atoms with Crippen LogP contribution in [-0.2, 0) is 14.6 Å². The van der Waals surface area contributed by atoms with Gasteiger partial charge in [-0.05, 0) is 12.8 Å². The zero-order valence-corrected chi connectivity index (χ0v) is 12.4. The van der Waals surface area contributed by atoms with E-state index in [1.807, 2.05) is 0 Å². The Labute approximate surface area is 119 Å². The van der Waals surface area contributed by atoms with Crippen molar-refractivity contribution in [3.05, 3.63) is 0 Å². The van der Waals surface area contributed by atoms with Crippen LogP contribution in [-0.4, -0.2) is 66.2 Å². The second kappa shape index (κ2) is 6.41. The number of hydrogen-bond acceptors (Lipinski definition) is 5. The maximum atomic E-state index is 12.5. The average molecular weight is 305 g/mol. The van der Waals surface area contributed by atoms with Crippen LogP contribution in [0.4, 0.5) is 0 Å². The fourth-order valence-corrected chi connectivity index (χ4v) is 5.04. The molecule has 2 fully saturated rings. The van der Waals surface area contributed by atoms with Gasteiger partial charge >= 0.3 is 0 Å².